The highest BCUT2D eigenvalue weighted by atomic mass is 14.9. The second-order valence-electron chi connectivity index (χ2n) is 8.06. The van der Waals surface area contributed by atoms with E-state index in [1.54, 1.807) is 0 Å². The van der Waals surface area contributed by atoms with Crippen LogP contribution in [-0.4, -0.2) is 12.6 Å². The fourth-order valence-corrected chi connectivity index (χ4v) is 2.78. The Morgan fingerprint density at radius 1 is 0.810 bits per heavy atom. The molecule has 0 aliphatic rings. The van der Waals surface area contributed by atoms with Crippen molar-refractivity contribution < 1.29 is 0 Å². The summed E-state index contributed by atoms with van der Waals surface area (Å²) < 4.78 is 0. The predicted molar refractivity (Wildman–Crippen MR) is 97.9 cm³/mol. The smallest absolute Gasteiger partial charge is 0.00697 e. The normalized spacial score (nSPS) is 15.1. The first-order chi connectivity index (χ1) is 9.91. The molecule has 0 aromatic heterocycles. The average molecular weight is 298 g/mol. The molecule has 0 amide bonds. The molecule has 21 heavy (non-hydrogen) atoms. The maximum absolute atomic E-state index is 3.78. The zero-order valence-corrected chi connectivity index (χ0v) is 15.9. The molecule has 2 atom stereocenters. The molecule has 0 aliphatic heterocycles. The summed E-state index contributed by atoms with van der Waals surface area (Å²) in [6.07, 6.45) is 13.9. The van der Waals surface area contributed by atoms with Gasteiger partial charge in [-0.15, -0.1) is 0 Å². The Bertz CT molecular complexity index is 216. The van der Waals surface area contributed by atoms with Crippen LogP contribution in [0.4, 0.5) is 0 Å². The minimum absolute atomic E-state index is 0.437. The Labute approximate surface area is 135 Å². The molecule has 0 aromatic carbocycles. The Kier molecular flexibility index (Phi) is 12.5. The minimum atomic E-state index is 0.437. The summed E-state index contributed by atoms with van der Waals surface area (Å²) in [5.74, 6) is 0.788. The van der Waals surface area contributed by atoms with E-state index in [0.717, 1.165) is 12.0 Å². The summed E-state index contributed by atoms with van der Waals surface area (Å²) in [5, 5.41) is 3.78. The van der Waals surface area contributed by atoms with E-state index in [1.807, 2.05) is 0 Å². The fraction of sp³-hybridized carbons (Fsp3) is 1.00. The Morgan fingerprint density at radius 3 is 1.90 bits per heavy atom. The lowest BCUT2D eigenvalue weighted by molar-refractivity contribution is 0.217. The van der Waals surface area contributed by atoms with Crippen molar-refractivity contribution in [2.75, 3.05) is 6.54 Å². The summed E-state index contributed by atoms with van der Waals surface area (Å²) in [5.41, 5.74) is 0.437. The van der Waals surface area contributed by atoms with Crippen LogP contribution in [0.1, 0.15) is 106 Å². The van der Waals surface area contributed by atoms with Crippen molar-refractivity contribution in [1.82, 2.24) is 5.32 Å². The third kappa shape index (κ3) is 12.2. The third-order valence-electron chi connectivity index (χ3n) is 4.96. The number of nitrogens with one attached hydrogen (secondary N) is 1. The lowest BCUT2D eigenvalue weighted by Gasteiger charge is -2.31. The van der Waals surface area contributed by atoms with Crippen LogP contribution in [0, 0.1) is 11.3 Å². The van der Waals surface area contributed by atoms with E-state index >= 15 is 0 Å². The molecule has 0 spiro atoms. The van der Waals surface area contributed by atoms with Crippen LogP contribution in [0.25, 0.3) is 0 Å². The molecule has 2 unspecified atom stereocenters. The largest absolute Gasteiger partial charge is 0.314 e. The molecule has 1 heteroatoms. The molecule has 0 radical (unpaired) electrons. The van der Waals surface area contributed by atoms with Crippen LogP contribution in [-0.2, 0) is 0 Å². The number of rotatable bonds is 13. The van der Waals surface area contributed by atoms with Crippen LogP contribution >= 0.6 is 0 Å². The lowest BCUT2D eigenvalue weighted by atomic mass is 9.78. The minimum Gasteiger partial charge on any atom is -0.314 e. The second-order valence-corrected chi connectivity index (χ2v) is 8.06. The van der Waals surface area contributed by atoms with Gasteiger partial charge in [-0.2, -0.15) is 0 Å². The lowest BCUT2D eigenvalue weighted by Crippen LogP contribution is -2.34. The molecule has 0 saturated heterocycles. The summed E-state index contributed by atoms with van der Waals surface area (Å²) in [6, 6.07) is 0.731. The van der Waals surface area contributed by atoms with E-state index in [2.05, 4.69) is 46.9 Å². The molecule has 1 nitrogen and oxygen atoms in total. The van der Waals surface area contributed by atoms with E-state index < -0.39 is 0 Å². The zero-order valence-electron chi connectivity index (χ0n) is 15.9. The van der Waals surface area contributed by atoms with Crippen molar-refractivity contribution >= 4 is 0 Å². The van der Waals surface area contributed by atoms with Crippen LogP contribution in [0.3, 0.4) is 0 Å². The van der Waals surface area contributed by atoms with Gasteiger partial charge in [0, 0.05) is 6.04 Å². The van der Waals surface area contributed by atoms with Crippen LogP contribution < -0.4 is 5.32 Å². The predicted octanol–water partition coefficient (Wildman–Crippen LogP) is 6.57. The van der Waals surface area contributed by atoms with Gasteiger partial charge >= 0.3 is 0 Å². The van der Waals surface area contributed by atoms with E-state index in [1.165, 1.54) is 70.8 Å². The number of unbranched alkanes of at least 4 members (excludes halogenated alkanes) is 6. The zero-order chi connectivity index (χ0) is 16.1. The van der Waals surface area contributed by atoms with Gasteiger partial charge in [0.05, 0.1) is 0 Å². The molecule has 0 aliphatic carbocycles. The topological polar surface area (TPSA) is 12.0 Å². The van der Waals surface area contributed by atoms with Gasteiger partial charge in [0.25, 0.3) is 0 Å². The Balaban J connectivity index is 3.90. The van der Waals surface area contributed by atoms with Crippen molar-refractivity contribution in [3.63, 3.8) is 0 Å². The summed E-state index contributed by atoms with van der Waals surface area (Å²) in [7, 11) is 0. The fourth-order valence-electron chi connectivity index (χ4n) is 2.78. The van der Waals surface area contributed by atoms with Gasteiger partial charge in [-0.25, -0.2) is 0 Å². The maximum atomic E-state index is 3.78. The average Bonchev–Trinajstić information content (AvgIpc) is 2.42. The van der Waals surface area contributed by atoms with Gasteiger partial charge in [-0.05, 0) is 37.1 Å². The summed E-state index contributed by atoms with van der Waals surface area (Å²) in [6.45, 7) is 15.3. The molecular weight excluding hydrogens is 254 g/mol. The number of hydrogen-bond acceptors (Lipinski definition) is 1. The molecule has 0 heterocycles. The highest BCUT2D eigenvalue weighted by Gasteiger charge is 2.23. The van der Waals surface area contributed by atoms with E-state index in [-0.39, 0.29) is 0 Å². The molecular formula is C20H43N. The third-order valence-corrected chi connectivity index (χ3v) is 4.96. The van der Waals surface area contributed by atoms with Crippen LogP contribution in [0.2, 0.25) is 0 Å². The maximum Gasteiger partial charge on any atom is 0.00697 e. The first kappa shape index (κ1) is 21.0. The van der Waals surface area contributed by atoms with Crippen molar-refractivity contribution in [2.24, 2.45) is 11.3 Å². The van der Waals surface area contributed by atoms with Crippen molar-refractivity contribution in [3.8, 4) is 0 Å². The van der Waals surface area contributed by atoms with Crippen molar-refractivity contribution in [3.05, 3.63) is 0 Å². The number of hydrogen-bond donors (Lipinski definition) is 1. The van der Waals surface area contributed by atoms with Gasteiger partial charge < -0.3 is 5.32 Å². The van der Waals surface area contributed by atoms with E-state index in [9.17, 15) is 0 Å². The molecule has 1 N–H and O–H groups in total. The molecule has 0 saturated carbocycles. The first-order valence-corrected chi connectivity index (χ1v) is 9.65. The van der Waals surface area contributed by atoms with Crippen molar-refractivity contribution in [2.45, 2.75) is 112 Å². The van der Waals surface area contributed by atoms with Crippen LogP contribution in [0.5, 0.6) is 0 Å². The Hall–Kier alpha value is -0.0400. The molecule has 0 fully saturated rings. The summed E-state index contributed by atoms with van der Waals surface area (Å²) >= 11 is 0. The standard InChI is InChI=1S/C20H43N/c1-7-9-10-11-12-13-14-15-19(21-16-8-2)17-18(3)20(4,5)6/h18-19,21H,7-17H2,1-6H3. The van der Waals surface area contributed by atoms with Gasteiger partial charge in [0.1, 0.15) is 0 Å². The van der Waals surface area contributed by atoms with Gasteiger partial charge in [-0.3, -0.25) is 0 Å². The monoisotopic (exact) mass is 297 g/mol. The van der Waals surface area contributed by atoms with Crippen molar-refractivity contribution in [1.29, 1.82) is 0 Å². The molecule has 0 aromatic rings. The molecule has 128 valence electrons. The van der Waals surface area contributed by atoms with Crippen LogP contribution in [0.15, 0.2) is 0 Å². The second kappa shape index (κ2) is 12.5. The van der Waals surface area contributed by atoms with Gasteiger partial charge in [-0.1, -0.05) is 86.5 Å². The molecule has 0 bridgehead atoms. The molecule has 0 rings (SSSR count). The summed E-state index contributed by atoms with van der Waals surface area (Å²) in [4.78, 5) is 0. The van der Waals surface area contributed by atoms with E-state index in [0.29, 0.717) is 5.41 Å². The quantitative estimate of drug-likeness (QED) is 0.379. The highest BCUT2D eigenvalue weighted by molar-refractivity contribution is 4.77. The van der Waals surface area contributed by atoms with E-state index in [4.69, 9.17) is 0 Å². The highest BCUT2D eigenvalue weighted by Crippen LogP contribution is 2.30. The van der Waals surface area contributed by atoms with Gasteiger partial charge in [0.2, 0.25) is 0 Å². The Morgan fingerprint density at radius 2 is 1.38 bits per heavy atom. The van der Waals surface area contributed by atoms with Gasteiger partial charge in [0.15, 0.2) is 0 Å². The first-order valence-electron chi connectivity index (χ1n) is 9.65. The SMILES string of the molecule is CCCCCCCCCC(CC(C)C(C)(C)C)NCCC.